The molecule has 4 nitrogen and oxygen atoms in total. The lowest BCUT2D eigenvalue weighted by atomic mass is 9.94. The third-order valence-corrected chi connectivity index (χ3v) is 5.01. The number of rotatable bonds is 2. The van der Waals surface area contributed by atoms with E-state index in [2.05, 4.69) is 0 Å². The van der Waals surface area contributed by atoms with Crippen molar-refractivity contribution in [2.24, 2.45) is 5.92 Å². The van der Waals surface area contributed by atoms with E-state index in [1.54, 1.807) is 6.92 Å². The molecule has 4 heteroatoms. The molecule has 0 bridgehead atoms. The fourth-order valence-electron chi connectivity index (χ4n) is 3.55. The van der Waals surface area contributed by atoms with Crippen LogP contribution in [0.25, 0.3) is 0 Å². The molecule has 114 valence electrons. The van der Waals surface area contributed by atoms with Gasteiger partial charge in [-0.05, 0) is 25.7 Å². The average molecular weight is 280 g/mol. The summed E-state index contributed by atoms with van der Waals surface area (Å²) < 4.78 is 0. The summed E-state index contributed by atoms with van der Waals surface area (Å²) in [6.07, 6.45) is 9.12. The molecule has 2 fully saturated rings. The SMILES string of the molecule is CC(=O)N1CCC(C(=O)N(C)C2CCCCCC2)CC1. The fourth-order valence-corrected chi connectivity index (χ4v) is 3.55. The van der Waals surface area contributed by atoms with Gasteiger partial charge in [0.05, 0.1) is 0 Å². The van der Waals surface area contributed by atoms with Crippen molar-refractivity contribution in [2.45, 2.75) is 64.3 Å². The van der Waals surface area contributed by atoms with Crippen LogP contribution in [0, 0.1) is 5.92 Å². The van der Waals surface area contributed by atoms with Crippen LogP contribution in [0.5, 0.6) is 0 Å². The van der Waals surface area contributed by atoms with Gasteiger partial charge in [0.15, 0.2) is 0 Å². The highest BCUT2D eigenvalue weighted by Crippen LogP contribution is 2.25. The molecule has 1 aliphatic carbocycles. The van der Waals surface area contributed by atoms with Crippen LogP contribution in [0.2, 0.25) is 0 Å². The molecule has 1 heterocycles. The highest BCUT2D eigenvalue weighted by atomic mass is 16.2. The number of hydrogen-bond acceptors (Lipinski definition) is 2. The van der Waals surface area contributed by atoms with Gasteiger partial charge in [-0.3, -0.25) is 9.59 Å². The third kappa shape index (κ3) is 3.74. The van der Waals surface area contributed by atoms with Crippen molar-refractivity contribution >= 4 is 11.8 Å². The molecule has 0 atom stereocenters. The van der Waals surface area contributed by atoms with Crippen molar-refractivity contribution in [3.63, 3.8) is 0 Å². The molecule has 20 heavy (non-hydrogen) atoms. The zero-order chi connectivity index (χ0) is 14.5. The predicted molar refractivity (Wildman–Crippen MR) is 79.2 cm³/mol. The van der Waals surface area contributed by atoms with E-state index in [0.717, 1.165) is 38.8 Å². The Hall–Kier alpha value is -1.06. The van der Waals surface area contributed by atoms with Crippen LogP contribution in [0.15, 0.2) is 0 Å². The first-order chi connectivity index (χ1) is 9.59. The van der Waals surface area contributed by atoms with Gasteiger partial charge >= 0.3 is 0 Å². The normalized spacial score (nSPS) is 22.4. The van der Waals surface area contributed by atoms with Crippen molar-refractivity contribution in [3.05, 3.63) is 0 Å². The molecular weight excluding hydrogens is 252 g/mol. The first-order valence-electron chi connectivity index (χ1n) is 8.11. The van der Waals surface area contributed by atoms with E-state index >= 15 is 0 Å². The molecule has 2 aliphatic rings. The summed E-state index contributed by atoms with van der Waals surface area (Å²) in [4.78, 5) is 27.8. The topological polar surface area (TPSA) is 40.6 Å². The minimum Gasteiger partial charge on any atom is -0.343 e. The van der Waals surface area contributed by atoms with E-state index in [0.29, 0.717) is 11.9 Å². The maximum atomic E-state index is 12.6. The van der Waals surface area contributed by atoms with E-state index in [-0.39, 0.29) is 11.8 Å². The summed E-state index contributed by atoms with van der Waals surface area (Å²) in [5, 5.41) is 0. The van der Waals surface area contributed by atoms with Crippen LogP contribution in [0.4, 0.5) is 0 Å². The highest BCUT2D eigenvalue weighted by Gasteiger charge is 2.30. The quantitative estimate of drug-likeness (QED) is 0.729. The lowest BCUT2D eigenvalue weighted by molar-refractivity contribution is -0.140. The second-order valence-electron chi connectivity index (χ2n) is 6.37. The van der Waals surface area contributed by atoms with Gasteiger partial charge in [0, 0.05) is 39.0 Å². The summed E-state index contributed by atoms with van der Waals surface area (Å²) in [5.41, 5.74) is 0. The Morgan fingerprint density at radius 1 is 0.950 bits per heavy atom. The zero-order valence-electron chi connectivity index (χ0n) is 12.9. The summed E-state index contributed by atoms with van der Waals surface area (Å²) in [5.74, 6) is 0.562. The van der Waals surface area contributed by atoms with Gasteiger partial charge < -0.3 is 9.80 Å². The molecule has 0 aromatic carbocycles. The summed E-state index contributed by atoms with van der Waals surface area (Å²) >= 11 is 0. The Kier molecular flexibility index (Phi) is 5.44. The zero-order valence-corrected chi connectivity index (χ0v) is 12.9. The number of carbonyl (C=O) groups is 2. The first-order valence-corrected chi connectivity index (χ1v) is 8.11. The minimum absolute atomic E-state index is 0.124. The summed E-state index contributed by atoms with van der Waals surface area (Å²) in [7, 11) is 1.98. The van der Waals surface area contributed by atoms with Gasteiger partial charge in [-0.2, -0.15) is 0 Å². The van der Waals surface area contributed by atoms with Crippen LogP contribution in [-0.4, -0.2) is 47.8 Å². The standard InChI is InChI=1S/C16H28N2O2/c1-13(19)18-11-9-14(10-12-18)16(20)17(2)15-7-5-3-4-6-8-15/h14-15H,3-12H2,1-2H3. The van der Waals surface area contributed by atoms with Crippen LogP contribution in [-0.2, 0) is 9.59 Å². The lowest BCUT2D eigenvalue weighted by Gasteiger charge is -2.35. The molecule has 0 aromatic rings. The number of piperidine rings is 1. The molecular formula is C16H28N2O2. The molecule has 0 unspecified atom stereocenters. The Labute approximate surface area is 122 Å². The monoisotopic (exact) mass is 280 g/mol. The molecule has 1 saturated carbocycles. The number of hydrogen-bond donors (Lipinski definition) is 0. The molecule has 0 spiro atoms. The number of amides is 2. The Morgan fingerprint density at radius 2 is 1.50 bits per heavy atom. The number of nitrogens with zero attached hydrogens (tertiary/aromatic N) is 2. The van der Waals surface area contributed by atoms with Gasteiger partial charge in [-0.15, -0.1) is 0 Å². The molecule has 2 rings (SSSR count). The number of carbonyl (C=O) groups excluding carboxylic acids is 2. The molecule has 2 amide bonds. The van der Waals surface area contributed by atoms with Crippen molar-refractivity contribution in [2.75, 3.05) is 20.1 Å². The minimum atomic E-state index is 0.124. The van der Waals surface area contributed by atoms with Gasteiger partial charge in [0.25, 0.3) is 0 Å². The van der Waals surface area contributed by atoms with E-state index in [1.807, 2.05) is 16.8 Å². The maximum Gasteiger partial charge on any atom is 0.225 e. The largest absolute Gasteiger partial charge is 0.343 e. The average Bonchev–Trinajstić information content (AvgIpc) is 2.75. The summed E-state index contributed by atoms with van der Waals surface area (Å²) in [6, 6.07) is 0.441. The van der Waals surface area contributed by atoms with E-state index in [9.17, 15) is 9.59 Å². The lowest BCUT2D eigenvalue weighted by Crippen LogP contribution is -2.45. The predicted octanol–water partition coefficient (Wildman–Crippen LogP) is 2.43. The smallest absolute Gasteiger partial charge is 0.225 e. The van der Waals surface area contributed by atoms with Gasteiger partial charge in [-0.25, -0.2) is 0 Å². The van der Waals surface area contributed by atoms with E-state index < -0.39 is 0 Å². The molecule has 0 aromatic heterocycles. The third-order valence-electron chi connectivity index (χ3n) is 5.01. The van der Waals surface area contributed by atoms with Crippen molar-refractivity contribution in [3.8, 4) is 0 Å². The van der Waals surface area contributed by atoms with Crippen LogP contribution in [0.1, 0.15) is 58.3 Å². The molecule has 0 N–H and O–H groups in total. The van der Waals surface area contributed by atoms with Crippen molar-refractivity contribution < 1.29 is 9.59 Å². The van der Waals surface area contributed by atoms with Crippen LogP contribution >= 0.6 is 0 Å². The molecule has 1 saturated heterocycles. The maximum absolute atomic E-state index is 12.6. The molecule has 0 radical (unpaired) electrons. The van der Waals surface area contributed by atoms with Gasteiger partial charge in [0.1, 0.15) is 0 Å². The van der Waals surface area contributed by atoms with Crippen LogP contribution < -0.4 is 0 Å². The van der Waals surface area contributed by atoms with E-state index in [4.69, 9.17) is 0 Å². The molecule has 1 aliphatic heterocycles. The van der Waals surface area contributed by atoms with Gasteiger partial charge in [0.2, 0.25) is 11.8 Å². The van der Waals surface area contributed by atoms with E-state index in [1.165, 1.54) is 25.7 Å². The van der Waals surface area contributed by atoms with Crippen LogP contribution in [0.3, 0.4) is 0 Å². The second kappa shape index (κ2) is 7.09. The summed E-state index contributed by atoms with van der Waals surface area (Å²) in [6.45, 7) is 3.09. The Balaban J connectivity index is 1.85. The number of likely N-dealkylation sites (tertiary alicyclic amines) is 1. The first kappa shape index (κ1) is 15.3. The fraction of sp³-hybridized carbons (Fsp3) is 0.875. The van der Waals surface area contributed by atoms with Crippen molar-refractivity contribution in [1.29, 1.82) is 0 Å². The highest BCUT2D eigenvalue weighted by molar-refractivity contribution is 5.79. The van der Waals surface area contributed by atoms with Crippen molar-refractivity contribution in [1.82, 2.24) is 9.80 Å². The Bertz CT molecular complexity index is 340. The van der Waals surface area contributed by atoms with Gasteiger partial charge in [-0.1, -0.05) is 25.7 Å². The Morgan fingerprint density at radius 3 is 2.00 bits per heavy atom. The second-order valence-corrected chi connectivity index (χ2v) is 6.37.